The normalized spacial score (nSPS) is 15.6. The third kappa shape index (κ3) is 2.86. The van der Waals surface area contributed by atoms with E-state index in [0.717, 1.165) is 16.6 Å². The number of rotatable bonds is 4. The Bertz CT molecular complexity index is 1100. The number of hydrogen-bond donors (Lipinski definition) is 1. The van der Waals surface area contributed by atoms with Gasteiger partial charge in [0.2, 0.25) is 5.91 Å². The van der Waals surface area contributed by atoms with Crippen molar-refractivity contribution in [2.45, 2.75) is 12.8 Å². The quantitative estimate of drug-likeness (QED) is 0.578. The third-order valence-electron chi connectivity index (χ3n) is 4.46. The van der Waals surface area contributed by atoms with E-state index in [2.05, 4.69) is 5.32 Å². The number of carbonyl (C=O) groups excluding carboxylic acids is 2. The van der Waals surface area contributed by atoms with Crippen molar-refractivity contribution in [3.63, 3.8) is 0 Å². The van der Waals surface area contributed by atoms with Crippen LogP contribution in [0, 0.1) is 0 Å². The van der Waals surface area contributed by atoms with Crippen LogP contribution in [0.2, 0.25) is 0 Å². The molecule has 2 aromatic carbocycles. The fraction of sp³-hybridized carbons (Fsp3) is 0.150. The molecule has 0 saturated carbocycles. The highest BCUT2D eigenvalue weighted by atomic mass is 16.5. The Morgan fingerprint density at radius 1 is 1.12 bits per heavy atom. The Morgan fingerprint density at radius 2 is 1.92 bits per heavy atom. The average molecular weight is 349 g/mol. The number of benzene rings is 2. The van der Waals surface area contributed by atoms with Gasteiger partial charge in [-0.1, -0.05) is 0 Å². The van der Waals surface area contributed by atoms with E-state index in [1.807, 2.05) is 0 Å². The molecule has 6 heteroatoms. The molecule has 0 bridgehead atoms. The summed E-state index contributed by atoms with van der Waals surface area (Å²) in [5.41, 5.74) is 2.00. The minimum atomic E-state index is -0.443. The zero-order chi connectivity index (χ0) is 18.3. The second-order valence-electron chi connectivity index (χ2n) is 6.18. The van der Waals surface area contributed by atoms with E-state index in [1.165, 1.54) is 6.07 Å². The van der Waals surface area contributed by atoms with Crippen molar-refractivity contribution in [2.75, 3.05) is 11.9 Å². The van der Waals surface area contributed by atoms with Crippen LogP contribution in [0.5, 0.6) is 5.75 Å². The van der Waals surface area contributed by atoms with Crippen LogP contribution in [0.4, 0.5) is 5.69 Å². The first-order chi connectivity index (χ1) is 12.5. The Morgan fingerprint density at radius 3 is 2.77 bits per heavy atom. The van der Waals surface area contributed by atoms with E-state index in [9.17, 15) is 14.4 Å². The summed E-state index contributed by atoms with van der Waals surface area (Å²) < 4.78 is 10.7. The molecule has 0 spiro atoms. The standard InChI is InChI=1S/C20H15NO5/c1-11-15-8-13(3-6-16(15)21-20(11)24)17(22)10-25-14-5-2-12-4-7-19(23)26-18(12)9-14/h2-9,11H,10H2,1H3,(H,21,24)/t11-/m1/s1. The van der Waals surface area contributed by atoms with E-state index in [0.29, 0.717) is 16.9 Å². The number of fused-ring (bicyclic) bond motifs is 2. The second-order valence-corrected chi connectivity index (χ2v) is 6.18. The number of hydrogen-bond acceptors (Lipinski definition) is 5. The molecule has 130 valence electrons. The lowest BCUT2D eigenvalue weighted by Crippen LogP contribution is -2.12. The van der Waals surface area contributed by atoms with Crippen LogP contribution in [0.15, 0.2) is 57.7 Å². The zero-order valence-electron chi connectivity index (χ0n) is 13.9. The predicted molar refractivity (Wildman–Crippen MR) is 95.8 cm³/mol. The zero-order valence-corrected chi connectivity index (χ0v) is 13.9. The molecule has 2 heterocycles. The maximum absolute atomic E-state index is 12.4. The molecular formula is C20H15NO5. The maximum atomic E-state index is 12.4. The predicted octanol–water partition coefficient (Wildman–Crippen LogP) is 3.11. The monoisotopic (exact) mass is 349 g/mol. The highest BCUT2D eigenvalue weighted by molar-refractivity contribution is 6.05. The molecule has 1 atom stereocenters. The van der Waals surface area contributed by atoms with Gasteiger partial charge in [-0.2, -0.15) is 0 Å². The molecule has 0 radical (unpaired) electrons. The Kier molecular flexibility index (Phi) is 3.80. The van der Waals surface area contributed by atoms with E-state index in [1.54, 1.807) is 49.4 Å². The first kappa shape index (κ1) is 16.1. The molecule has 1 aliphatic heterocycles. The van der Waals surface area contributed by atoms with Crippen molar-refractivity contribution in [1.29, 1.82) is 0 Å². The molecule has 0 unspecified atom stereocenters. The van der Waals surface area contributed by atoms with E-state index in [-0.39, 0.29) is 24.2 Å². The molecular weight excluding hydrogens is 334 g/mol. The number of ether oxygens (including phenoxy) is 1. The number of anilines is 1. The SMILES string of the molecule is C[C@H]1C(=O)Nc2ccc(C(=O)COc3ccc4ccc(=O)oc4c3)cc21. The molecule has 0 aliphatic carbocycles. The summed E-state index contributed by atoms with van der Waals surface area (Å²) in [5.74, 6) is -0.110. The smallest absolute Gasteiger partial charge is 0.336 e. The molecule has 0 fully saturated rings. The van der Waals surface area contributed by atoms with Crippen LogP contribution in [0.25, 0.3) is 11.0 Å². The van der Waals surface area contributed by atoms with E-state index in [4.69, 9.17) is 9.15 Å². The summed E-state index contributed by atoms with van der Waals surface area (Å²) in [5, 5.41) is 3.55. The van der Waals surface area contributed by atoms with Gasteiger partial charge in [0, 0.05) is 28.8 Å². The topological polar surface area (TPSA) is 85.6 Å². The van der Waals surface area contributed by atoms with Crippen LogP contribution in [-0.2, 0) is 4.79 Å². The van der Waals surface area contributed by atoms with Crippen LogP contribution in [0.3, 0.4) is 0 Å². The molecule has 1 N–H and O–H groups in total. The molecule has 0 saturated heterocycles. The number of amides is 1. The minimum absolute atomic E-state index is 0.0708. The Labute approximate surface area is 148 Å². The Balaban J connectivity index is 1.51. The summed E-state index contributed by atoms with van der Waals surface area (Å²) in [7, 11) is 0. The molecule has 4 rings (SSSR count). The summed E-state index contributed by atoms with van der Waals surface area (Å²) in [6, 6.07) is 13.2. The van der Waals surface area contributed by atoms with Gasteiger partial charge in [0.05, 0.1) is 5.92 Å². The fourth-order valence-electron chi connectivity index (χ4n) is 2.95. The largest absolute Gasteiger partial charge is 0.485 e. The van der Waals surface area contributed by atoms with Crippen molar-refractivity contribution in [3.8, 4) is 5.75 Å². The highest BCUT2D eigenvalue weighted by Gasteiger charge is 2.27. The highest BCUT2D eigenvalue weighted by Crippen LogP contribution is 2.32. The van der Waals surface area contributed by atoms with Crippen molar-refractivity contribution in [2.24, 2.45) is 0 Å². The van der Waals surface area contributed by atoms with Crippen LogP contribution < -0.4 is 15.7 Å². The van der Waals surface area contributed by atoms with E-state index >= 15 is 0 Å². The van der Waals surface area contributed by atoms with Gasteiger partial charge in [0.25, 0.3) is 0 Å². The average Bonchev–Trinajstić information content (AvgIpc) is 2.93. The van der Waals surface area contributed by atoms with Gasteiger partial charge in [-0.15, -0.1) is 0 Å². The van der Waals surface area contributed by atoms with Crippen molar-refractivity contribution < 1.29 is 18.7 Å². The second kappa shape index (κ2) is 6.15. The van der Waals surface area contributed by atoms with Gasteiger partial charge < -0.3 is 14.5 Å². The minimum Gasteiger partial charge on any atom is -0.485 e. The summed E-state index contributed by atoms with van der Waals surface area (Å²) in [4.78, 5) is 35.4. The first-order valence-corrected chi connectivity index (χ1v) is 8.16. The van der Waals surface area contributed by atoms with Crippen LogP contribution in [-0.4, -0.2) is 18.3 Å². The van der Waals surface area contributed by atoms with Crippen LogP contribution >= 0.6 is 0 Å². The summed E-state index contributed by atoms with van der Waals surface area (Å²) in [6.45, 7) is 1.64. The number of carbonyl (C=O) groups is 2. The molecule has 26 heavy (non-hydrogen) atoms. The first-order valence-electron chi connectivity index (χ1n) is 8.16. The lowest BCUT2D eigenvalue weighted by atomic mass is 9.99. The van der Waals surface area contributed by atoms with Gasteiger partial charge in [-0.3, -0.25) is 9.59 Å². The summed E-state index contributed by atoms with van der Waals surface area (Å²) >= 11 is 0. The van der Waals surface area contributed by atoms with Gasteiger partial charge in [0.1, 0.15) is 11.3 Å². The maximum Gasteiger partial charge on any atom is 0.336 e. The van der Waals surface area contributed by atoms with Gasteiger partial charge in [-0.05, 0) is 48.9 Å². The van der Waals surface area contributed by atoms with Gasteiger partial charge in [0.15, 0.2) is 12.4 Å². The van der Waals surface area contributed by atoms with Crippen molar-refractivity contribution in [3.05, 3.63) is 70.1 Å². The lowest BCUT2D eigenvalue weighted by Gasteiger charge is -2.08. The number of Topliss-reactive ketones (excluding diaryl/α,β-unsaturated/α-hetero) is 1. The van der Waals surface area contributed by atoms with Gasteiger partial charge >= 0.3 is 5.63 Å². The summed E-state index contributed by atoms with van der Waals surface area (Å²) in [6.07, 6.45) is 0. The molecule has 3 aromatic rings. The van der Waals surface area contributed by atoms with Gasteiger partial charge in [-0.25, -0.2) is 4.79 Å². The van der Waals surface area contributed by atoms with Crippen molar-refractivity contribution in [1.82, 2.24) is 0 Å². The third-order valence-corrected chi connectivity index (χ3v) is 4.46. The Hall–Kier alpha value is -3.41. The molecule has 1 aromatic heterocycles. The molecule has 1 aliphatic rings. The number of nitrogens with one attached hydrogen (secondary N) is 1. The molecule has 1 amide bonds. The lowest BCUT2D eigenvalue weighted by molar-refractivity contribution is -0.116. The van der Waals surface area contributed by atoms with Crippen LogP contribution in [0.1, 0.15) is 28.8 Å². The number of ketones is 1. The van der Waals surface area contributed by atoms with E-state index < -0.39 is 5.63 Å². The molecule has 6 nitrogen and oxygen atoms in total. The fourth-order valence-corrected chi connectivity index (χ4v) is 2.95. The van der Waals surface area contributed by atoms with Crippen molar-refractivity contribution >= 4 is 28.3 Å².